The van der Waals surface area contributed by atoms with Crippen LogP contribution in [0.5, 0.6) is 0 Å². The quantitative estimate of drug-likeness (QED) is 0.896. The average molecular weight is 344 g/mol. The number of aromatic amines is 1. The Morgan fingerprint density at radius 3 is 2.84 bits per heavy atom. The van der Waals surface area contributed by atoms with Crippen molar-refractivity contribution in [2.24, 2.45) is 0 Å². The van der Waals surface area contributed by atoms with E-state index in [1.54, 1.807) is 25.3 Å². The third-order valence-corrected chi connectivity index (χ3v) is 4.76. The maximum absolute atomic E-state index is 12.4. The van der Waals surface area contributed by atoms with Crippen LogP contribution in [-0.4, -0.2) is 18.6 Å². The first kappa shape index (κ1) is 14.1. The largest absolute Gasteiger partial charge is 0.263 e. The van der Waals surface area contributed by atoms with Crippen LogP contribution in [0.4, 0.5) is 5.82 Å². The lowest BCUT2D eigenvalue weighted by Gasteiger charge is -2.10. The lowest BCUT2D eigenvalue weighted by Crippen LogP contribution is -2.15. The van der Waals surface area contributed by atoms with Crippen molar-refractivity contribution in [3.63, 3.8) is 0 Å². The van der Waals surface area contributed by atoms with Crippen molar-refractivity contribution in [2.45, 2.75) is 25.2 Å². The first-order chi connectivity index (χ1) is 8.94. The smallest absolute Gasteiger partial charge is 0.263 e. The molecule has 19 heavy (non-hydrogen) atoms. The Kier molecular flexibility index (Phi) is 3.96. The summed E-state index contributed by atoms with van der Waals surface area (Å²) in [5.41, 5.74) is 1.52. The van der Waals surface area contributed by atoms with E-state index < -0.39 is 10.0 Å². The fraction of sp³-hybridized carbons (Fsp3) is 0.250. The van der Waals surface area contributed by atoms with Crippen LogP contribution in [0.25, 0.3) is 0 Å². The van der Waals surface area contributed by atoms with Crippen molar-refractivity contribution >= 4 is 31.8 Å². The Hall–Kier alpha value is -1.34. The molecule has 0 aliphatic rings. The SMILES string of the molecule is CCc1cn[nH]c1NS(=O)(=O)c1cc(Br)ccc1C. The van der Waals surface area contributed by atoms with Crippen molar-refractivity contribution in [1.82, 2.24) is 10.2 Å². The molecule has 0 aliphatic carbocycles. The van der Waals surface area contributed by atoms with Crippen LogP contribution in [0, 0.1) is 6.92 Å². The summed E-state index contributed by atoms with van der Waals surface area (Å²) in [4.78, 5) is 0.249. The molecule has 0 saturated carbocycles. The molecule has 2 aromatic rings. The number of sulfonamides is 1. The van der Waals surface area contributed by atoms with Crippen LogP contribution < -0.4 is 4.72 Å². The van der Waals surface area contributed by atoms with Crippen molar-refractivity contribution < 1.29 is 8.42 Å². The molecule has 7 heteroatoms. The molecule has 5 nitrogen and oxygen atoms in total. The Morgan fingerprint density at radius 2 is 2.16 bits per heavy atom. The molecule has 1 heterocycles. The molecule has 0 amide bonds. The minimum atomic E-state index is -3.62. The van der Waals surface area contributed by atoms with Crippen LogP contribution in [-0.2, 0) is 16.4 Å². The monoisotopic (exact) mass is 343 g/mol. The van der Waals surface area contributed by atoms with Crippen molar-refractivity contribution in [2.75, 3.05) is 4.72 Å². The second-order valence-corrected chi connectivity index (χ2v) is 6.71. The van der Waals surface area contributed by atoms with E-state index >= 15 is 0 Å². The summed E-state index contributed by atoms with van der Waals surface area (Å²) in [6.45, 7) is 3.70. The van der Waals surface area contributed by atoms with Crippen LogP contribution in [0.2, 0.25) is 0 Å². The van der Waals surface area contributed by atoms with E-state index in [0.717, 1.165) is 10.0 Å². The molecule has 0 radical (unpaired) electrons. The molecule has 0 aliphatic heterocycles. The van der Waals surface area contributed by atoms with E-state index in [2.05, 4.69) is 30.8 Å². The highest BCUT2D eigenvalue weighted by Crippen LogP contribution is 2.23. The third-order valence-electron chi connectivity index (χ3n) is 2.77. The summed E-state index contributed by atoms with van der Waals surface area (Å²) >= 11 is 3.28. The molecule has 0 unspecified atom stereocenters. The maximum Gasteiger partial charge on any atom is 0.263 e. The second-order valence-electron chi connectivity index (χ2n) is 4.14. The van der Waals surface area contributed by atoms with Gasteiger partial charge in [0.1, 0.15) is 5.82 Å². The van der Waals surface area contributed by atoms with Gasteiger partial charge in [0.15, 0.2) is 0 Å². The summed E-state index contributed by atoms with van der Waals surface area (Å²) in [6.07, 6.45) is 2.32. The number of aromatic nitrogens is 2. The molecular weight excluding hydrogens is 330 g/mol. The van der Waals surface area contributed by atoms with Gasteiger partial charge >= 0.3 is 0 Å². The molecule has 2 rings (SSSR count). The summed E-state index contributed by atoms with van der Waals surface area (Å²) in [6, 6.07) is 5.15. The zero-order valence-electron chi connectivity index (χ0n) is 10.6. The number of rotatable bonds is 4. The molecule has 102 valence electrons. The topological polar surface area (TPSA) is 74.8 Å². The van der Waals surface area contributed by atoms with E-state index in [-0.39, 0.29) is 4.90 Å². The number of nitrogens with zero attached hydrogens (tertiary/aromatic N) is 1. The normalized spacial score (nSPS) is 11.5. The summed E-state index contributed by atoms with van der Waals surface area (Å²) < 4.78 is 28.0. The summed E-state index contributed by atoms with van der Waals surface area (Å²) in [7, 11) is -3.62. The highest BCUT2D eigenvalue weighted by Gasteiger charge is 2.19. The van der Waals surface area contributed by atoms with Gasteiger partial charge in [-0.2, -0.15) is 5.10 Å². The van der Waals surface area contributed by atoms with Gasteiger partial charge < -0.3 is 0 Å². The Labute approximate surface area is 120 Å². The van der Waals surface area contributed by atoms with Crippen molar-refractivity contribution in [3.05, 3.63) is 40.0 Å². The summed E-state index contributed by atoms with van der Waals surface area (Å²) in [5.74, 6) is 0.418. The predicted molar refractivity (Wildman–Crippen MR) is 77.7 cm³/mol. The van der Waals surface area contributed by atoms with Gasteiger partial charge in [0.2, 0.25) is 0 Å². The van der Waals surface area contributed by atoms with Crippen LogP contribution in [0.3, 0.4) is 0 Å². The van der Waals surface area contributed by atoms with Gasteiger partial charge in [-0.3, -0.25) is 9.82 Å². The Balaban J connectivity index is 2.41. The second kappa shape index (κ2) is 5.34. The number of benzene rings is 1. The van der Waals surface area contributed by atoms with Gasteiger partial charge in [0.05, 0.1) is 11.1 Å². The van der Waals surface area contributed by atoms with E-state index in [9.17, 15) is 8.42 Å². The van der Waals surface area contributed by atoms with Gasteiger partial charge in [-0.15, -0.1) is 0 Å². The Bertz CT molecular complexity index is 695. The first-order valence-corrected chi connectivity index (χ1v) is 8.03. The van der Waals surface area contributed by atoms with E-state index in [0.29, 0.717) is 17.8 Å². The van der Waals surface area contributed by atoms with Gasteiger partial charge in [-0.05, 0) is 31.0 Å². The lowest BCUT2D eigenvalue weighted by atomic mass is 10.2. The molecule has 1 aromatic heterocycles. The molecule has 0 atom stereocenters. The van der Waals surface area contributed by atoms with E-state index in [4.69, 9.17) is 0 Å². The zero-order valence-corrected chi connectivity index (χ0v) is 13.0. The molecule has 2 N–H and O–H groups in total. The maximum atomic E-state index is 12.4. The van der Waals surface area contributed by atoms with E-state index in [1.807, 2.05) is 13.0 Å². The highest BCUT2D eigenvalue weighted by atomic mass is 79.9. The van der Waals surface area contributed by atoms with Gasteiger partial charge in [-0.1, -0.05) is 28.9 Å². The minimum absolute atomic E-state index is 0.249. The molecule has 0 bridgehead atoms. The number of H-pyrrole nitrogens is 1. The van der Waals surface area contributed by atoms with Gasteiger partial charge in [-0.25, -0.2) is 8.42 Å². The van der Waals surface area contributed by atoms with Gasteiger partial charge in [0, 0.05) is 10.0 Å². The lowest BCUT2D eigenvalue weighted by molar-refractivity contribution is 0.600. The van der Waals surface area contributed by atoms with Crippen molar-refractivity contribution in [3.8, 4) is 0 Å². The number of aryl methyl sites for hydroxylation is 2. The average Bonchev–Trinajstić information content (AvgIpc) is 2.78. The fourth-order valence-corrected chi connectivity index (χ4v) is 3.56. The summed E-state index contributed by atoms with van der Waals surface area (Å²) in [5, 5.41) is 6.51. The van der Waals surface area contributed by atoms with Crippen LogP contribution >= 0.6 is 15.9 Å². The number of anilines is 1. The zero-order chi connectivity index (χ0) is 14.0. The standard InChI is InChI=1S/C12H14BrN3O2S/c1-3-9-7-14-15-12(9)16-19(17,18)11-6-10(13)5-4-8(11)2/h4-7H,3H2,1-2H3,(H2,14,15,16). The fourth-order valence-electron chi connectivity index (χ4n) is 1.72. The highest BCUT2D eigenvalue weighted by molar-refractivity contribution is 9.10. The van der Waals surface area contributed by atoms with Gasteiger partial charge in [0.25, 0.3) is 10.0 Å². The molecule has 1 aromatic carbocycles. The number of nitrogens with one attached hydrogen (secondary N) is 2. The van der Waals surface area contributed by atoms with Crippen molar-refractivity contribution in [1.29, 1.82) is 0 Å². The molecule has 0 fully saturated rings. The molecule has 0 saturated heterocycles. The van der Waals surface area contributed by atoms with Crippen LogP contribution in [0.15, 0.2) is 33.8 Å². The van der Waals surface area contributed by atoms with Crippen LogP contribution in [0.1, 0.15) is 18.1 Å². The molecule has 0 spiro atoms. The predicted octanol–water partition coefficient (Wildman–Crippen LogP) is 2.84. The first-order valence-electron chi connectivity index (χ1n) is 5.75. The number of halogens is 1. The van der Waals surface area contributed by atoms with E-state index in [1.165, 1.54) is 0 Å². The number of hydrogen-bond acceptors (Lipinski definition) is 3. The minimum Gasteiger partial charge on any atom is -0.263 e. The number of hydrogen-bond donors (Lipinski definition) is 2. The molecular formula is C12H14BrN3O2S. The Morgan fingerprint density at radius 1 is 1.42 bits per heavy atom. The third kappa shape index (κ3) is 2.98.